The molecule has 0 unspecified atom stereocenters. The molecule has 0 aromatic heterocycles. The summed E-state index contributed by atoms with van der Waals surface area (Å²) >= 11 is 0. The van der Waals surface area contributed by atoms with Crippen molar-refractivity contribution in [2.45, 2.75) is 52.0 Å². The predicted octanol–water partition coefficient (Wildman–Crippen LogP) is 4.00. The van der Waals surface area contributed by atoms with E-state index in [1.54, 1.807) is 0 Å². The first-order chi connectivity index (χ1) is 8.49. The van der Waals surface area contributed by atoms with Crippen LogP contribution in [-0.2, 0) is 0 Å². The Balaban J connectivity index is 2.50. The molecule has 1 aliphatic rings. The van der Waals surface area contributed by atoms with Crippen molar-refractivity contribution >= 4 is 12.0 Å². The monoisotopic (exact) mass is 245 g/mol. The predicted molar refractivity (Wildman–Crippen MR) is 76.6 cm³/mol. The maximum atomic E-state index is 10.9. The Hall–Kier alpha value is -1.31. The average Bonchev–Trinajstić information content (AvgIpc) is 2.33. The van der Waals surface area contributed by atoms with E-state index in [4.69, 9.17) is 0 Å². The van der Waals surface area contributed by atoms with Crippen LogP contribution < -0.4 is 4.90 Å². The molecule has 1 aromatic carbocycles. The summed E-state index contributed by atoms with van der Waals surface area (Å²) in [6.07, 6.45) is 3.23. The molecule has 1 aromatic rings. The Labute approximate surface area is 110 Å². The SMILES string of the molecule is CCCN1c2ccc(C=O)cc2[C@@H](C)CC1(C)C. The number of aldehydes is 1. The van der Waals surface area contributed by atoms with Crippen LogP contribution in [-0.4, -0.2) is 18.4 Å². The van der Waals surface area contributed by atoms with Gasteiger partial charge in [-0.3, -0.25) is 4.79 Å². The first-order valence-corrected chi connectivity index (χ1v) is 6.86. The second-order valence-corrected chi connectivity index (χ2v) is 6.01. The van der Waals surface area contributed by atoms with Gasteiger partial charge in [0.2, 0.25) is 0 Å². The van der Waals surface area contributed by atoms with E-state index >= 15 is 0 Å². The van der Waals surface area contributed by atoms with Crippen molar-refractivity contribution in [1.29, 1.82) is 0 Å². The summed E-state index contributed by atoms with van der Waals surface area (Å²) in [6, 6.07) is 6.11. The zero-order valence-corrected chi connectivity index (χ0v) is 11.9. The highest BCUT2D eigenvalue weighted by atomic mass is 16.1. The van der Waals surface area contributed by atoms with Crippen molar-refractivity contribution in [3.63, 3.8) is 0 Å². The summed E-state index contributed by atoms with van der Waals surface area (Å²) in [7, 11) is 0. The number of carbonyl (C=O) groups excluding carboxylic acids is 1. The van der Waals surface area contributed by atoms with E-state index in [1.165, 1.54) is 11.3 Å². The van der Waals surface area contributed by atoms with Crippen LogP contribution in [0.4, 0.5) is 5.69 Å². The molecule has 2 heteroatoms. The number of hydrogen-bond donors (Lipinski definition) is 0. The fourth-order valence-corrected chi connectivity index (χ4v) is 3.23. The van der Waals surface area contributed by atoms with Crippen LogP contribution in [0.5, 0.6) is 0 Å². The number of hydrogen-bond acceptors (Lipinski definition) is 2. The minimum atomic E-state index is 0.200. The second-order valence-electron chi connectivity index (χ2n) is 6.01. The van der Waals surface area contributed by atoms with Crippen molar-refractivity contribution in [2.24, 2.45) is 0 Å². The number of anilines is 1. The van der Waals surface area contributed by atoms with Gasteiger partial charge in [0.05, 0.1) is 0 Å². The van der Waals surface area contributed by atoms with Gasteiger partial charge in [-0.25, -0.2) is 0 Å². The topological polar surface area (TPSA) is 20.3 Å². The van der Waals surface area contributed by atoms with E-state index < -0.39 is 0 Å². The normalized spacial score (nSPS) is 21.6. The van der Waals surface area contributed by atoms with Crippen molar-refractivity contribution in [1.82, 2.24) is 0 Å². The fourth-order valence-electron chi connectivity index (χ4n) is 3.23. The summed E-state index contributed by atoms with van der Waals surface area (Å²) in [5.74, 6) is 0.517. The highest BCUT2D eigenvalue weighted by Gasteiger charge is 2.35. The standard InChI is InChI=1S/C16H23NO/c1-5-8-17-15-7-6-13(11-18)9-14(15)12(2)10-16(17,3)4/h6-7,9,11-12H,5,8,10H2,1-4H3/t12-/m0/s1. The van der Waals surface area contributed by atoms with Crippen molar-refractivity contribution in [2.75, 3.05) is 11.4 Å². The van der Waals surface area contributed by atoms with Gasteiger partial charge >= 0.3 is 0 Å². The molecule has 18 heavy (non-hydrogen) atoms. The first kappa shape index (κ1) is 13.1. The smallest absolute Gasteiger partial charge is 0.150 e. The summed E-state index contributed by atoms with van der Waals surface area (Å²) in [6.45, 7) is 10.2. The van der Waals surface area contributed by atoms with Crippen molar-refractivity contribution in [3.05, 3.63) is 29.3 Å². The Morgan fingerprint density at radius 3 is 2.78 bits per heavy atom. The van der Waals surface area contributed by atoms with Gasteiger partial charge in [-0.15, -0.1) is 0 Å². The second kappa shape index (κ2) is 4.75. The van der Waals surface area contributed by atoms with E-state index in [9.17, 15) is 4.79 Å². The van der Waals surface area contributed by atoms with Crippen LogP contribution in [0.1, 0.15) is 62.4 Å². The zero-order chi connectivity index (χ0) is 13.3. The Kier molecular flexibility index (Phi) is 3.47. The lowest BCUT2D eigenvalue weighted by Crippen LogP contribution is -2.48. The molecule has 0 spiro atoms. The third-order valence-electron chi connectivity index (χ3n) is 3.99. The van der Waals surface area contributed by atoms with Crippen LogP contribution in [0.3, 0.4) is 0 Å². The molecule has 0 N–H and O–H groups in total. The van der Waals surface area contributed by atoms with Crippen LogP contribution in [0.25, 0.3) is 0 Å². The van der Waals surface area contributed by atoms with Crippen LogP contribution >= 0.6 is 0 Å². The van der Waals surface area contributed by atoms with E-state index in [0.717, 1.165) is 31.2 Å². The van der Waals surface area contributed by atoms with Gasteiger partial charge in [0.15, 0.2) is 0 Å². The largest absolute Gasteiger partial charge is 0.366 e. The van der Waals surface area contributed by atoms with E-state index in [0.29, 0.717) is 5.92 Å². The summed E-state index contributed by atoms with van der Waals surface area (Å²) in [4.78, 5) is 13.4. The third kappa shape index (κ3) is 2.16. The fraction of sp³-hybridized carbons (Fsp3) is 0.562. The summed E-state index contributed by atoms with van der Waals surface area (Å²) in [5.41, 5.74) is 3.63. The average molecular weight is 245 g/mol. The Morgan fingerprint density at radius 1 is 1.44 bits per heavy atom. The van der Waals surface area contributed by atoms with E-state index in [2.05, 4.69) is 44.7 Å². The minimum absolute atomic E-state index is 0.200. The lowest BCUT2D eigenvalue weighted by Gasteiger charge is -2.47. The molecule has 0 amide bonds. The molecule has 1 atom stereocenters. The summed E-state index contributed by atoms with van der Waals surface area (Å²) in [5, 5.41) is 0. The number of nitrogens with zero attached hydrogens (tertiary/aromatic N) is 1. The molecule has 0 fully saturated rings. The summed E-state index contributed by atoms with van der Waals surface area (Å²) < 4.78 is 0. The molecular formula is C16H23NO. The van der Waals surface area contributed by atoms with E-state index in [1.807, 2.05) is 6.07 Å². The maximum Gasteiger partial charge on any atom is 0.150 e. The Morgan fingerprint density at radius 2 is 2.17 bits per heavy atom. The molecule has 1 aliphatic heterocycles. The molecule has 0 aliphatic carbocycles. The molecule has 2 rings (SSSR count). The highest BCUT2D eigenvalue weighted by Crippen LogP contribution is 2.43. The van der Waals surface area contributed by atoms with Crippen molar-refractivity contribution in [3.8, 4) is 0 Å². The molecule has 0 saturated heterocycles. The number of carbonyl (C=O) groups is 1. The van der Waals surface area contributed by atoms with Crippen LogP contribution in [0, 0.1) is 0 Å². The van der Waals surface area contributed by atoms with Gasteiger partial charge < -0.3 is 4.90 Å². The van der Waals surface area contributed by atoms with Gasteiger partial charge in [0.1, 0.15) is 6.29 Å². The lowest BCUT2D eigenvalue weighted by molar-refractivity contribution is 0.112. The molecule has 0 radical (unpaired) electrons. The van der Waals surface area contributed by atoms with Gasteiger partial charge in [-0.1, -0.05) is 13.8 Å². The number of benzene rings is 1. The highest BCUT2D eigenvalue weighted by molar-refractivity contribution is 5.77. The molecular weight excluding hydrogens is 222 g/mol. The molecule has 1 heterocycles. The molecule has 0 bridgehead atoms. The van der Waals surface area contributed by atoms with Crippen molar-refractivity contribution < 1.29 is 4.79 Å². The Bertz CT molecular complexity index is 450. The maximum absolute atomic E-state index is 10.9. The van der Waals surface area contributed by atoms with Gasteiger partial charge in [0, 0.05) is 23.3 Å². The van der Waals surface area contributed by atoms with Gasteiger partial charge in [0.25, 0.3) is 0 Å². The van der Waals surface area contributed by atoms with Gasteiger partial charge in [-0.05, 0) is 56.4 Å². The molecule has 2 nitrogen and oxygen atoms in total. The van der Waals surface area contributed by atoms with Gasteiger partial charge in [-0.2, -0.15) is 0 Å². The zero-order valence-electron chi connectivity index (χ0n) is 11.9. The molecule has 0 saturated carbocycles. The lowest BCUT2D eigenvalue weighted by atomic mass is 9.79. The minimum Gasteiger partial charge on any atom is -0.366 e. The first-order valence-electron chi connectivity index (χ1n) is 6.86. The number of rotatable bonds is 3. The van der Waals surface area contributed by atoms with E-state index in [-0.39, 0.29) is 5.54 Å². The third-order valence-corrected chi connectivity index (χ3v) is 3.99. The number of fused-ring (bicyclic) bond motifs is 1. The van der Waals surface area contributed by atoms with Crippen LogP contribution in [0.15, 0.2) is 18.2 Å². The van der Waals surface area contributed by atoms with Crippen LogP contribution in [0.2, 0.25) is 0 Å². The quantitative estimate of drug-likeness (QED) is 0.750. The molecule has 98 valence electrons.